The minimum Gasteiger partial charge on any atom is -0.326 e. The number of pyridine rings is 1. The zero-order valence-corrected chi connectivity index (χ0v) is 13.3. The third-order valence-corrected chi connectivity index (χ3v) is 5.48. The average Bonchev–Trinajstić information content (AvgIpc) is 3.08. The lowest BCUT2D eigenvalue weighted by atomic mass is 10.1. The second kappa shape index (κ2) is 4.92. The summed E-state index contributed by atoms with van der Waals surface area (Å²) >= 11 is 0.900. The van der Waals surface area contributed by atoms with Crippen LogP contribution >= 0.6 is 11.3 Å². The lowest BCUT2D eigenvalue weighted by Gasteiger charge is -2.19. The molecule has 2 aromatic rings. The number of amides is 2. The molecule has 4 rings (SSSR count). The molecule has 5 nitrogen and oxygen atoms in total. The summed E-state index contributed by atoms with van der Waals surface area (Å²) < 4.78 is 38.9. The van der Waals surface area contributed by atoms with Crippen LogP contribution in [0, 0.1) is 6.92 Å². The maximum Gasteiger partial charge on any atom is 0.433 e. The van der Waals surface area contributed by atoms with E-state index < -0.39 is 17.9 Å². The first-order chi connectivity index (χ1) is 11.3. The van der Waals surface area contributed by atoms with Crippen molar-refractivity contribution in [3.63, 3.8) is 0 Å². The van der Waals surface area contributed by atoms with Crippen LogP contribution in [0.15, 0.2) is 6.07 Å². The average molecular weight is 355 g/mol. The zero-order chi connectivity index (χ0) is 17.2. The van der Waals surface area contributed by atoms with Crippen molar-refractivity contribution >= 4 is 39.1 Å². The molecule has 9 heteroatoms. The molecule has 2 amide bonds. The number of hydrogen-bond acceptors (Lipinski definition) is 4. The molecule has 2 aliphatic heterocycles. The highest BCUT2D eigenvalue weighted by atomic mass is 32.1. The molecule has 1 fully saturated rings. The monoisotopic (exact) mass is 355 g/mol. The Morgan fingerprint density at radius 3 is 2.83 bits per heavy atom. The third kappa shape index (κ3) is 2.10. The Balaban J connectivity index is 1.95. The molecule has 0 aliphatic carbocycles. The summed E-state index contributed by atoms with van der Waals surface area (Å²) in [4.78, 5) is 30.6. The van der Waals surface area contributed by atoms with Crippen LogP contribution in [0.25, 0.3) is 10.2 Å². The molecule has 0 saturated carbocycles. The first-order valence-electron chi connectivity index (χ1n) is 7.40. The van der Waals surface area contributed by atoms with Crippen molar-refractivity contribution in [3.8, 4) is 0 Å². The van der Waals surface area contributed by atoms with Gasteiger partial charge >= 0.3 is 6.18 Å². The van der Waals surface area contributed by atoms with Gasteiger partial charge in [-0.3, -0.25) is 9.59 Å². The number of nitrogens with one attached hydrogen (secondary N) is 1. The molecular formula is C15H12F3N3O2S. The first-order valence-corrected chi connectivity index (χ1v) is 8.22. The Hall–Kier alpha value is -2.16. The Kier molecular flexibility index (Phi) is 3.15. The van der Waals surface area contributed by atoms with Gasteiger partial charge in [0.05, 0.1) is 5.69 Å². The van der Waals surface area contributed by atoms with Crippen LogP contribution in [0.5, 0.6) is 0 Å². The van der Waals surface area contributed by atoms with E-state index >= 15 is 0 Å². The van der Waals surface area contributed by atoms with Crippen molar-refractivity contribution in [2.24, 2.45) is 0 Å². The first kappa shape index (κ1) is 15.4. The van der Waals surface area contributed by atoms with Crippen molar-refractivity contribution in [3.05, 3.63) is 22.2 Å². The highest BCUT2D eigenvalue weighted by Crippen LogP contribution is 2.42. The second-order valence-electron chi connectivity index (χ2n) is 5.95. The predicted molar refractivity (Wildman–Crippen MR) is 82.0 cm³/mol. The van der Waals surface area contributed by atoms with Crippen LogP contribution in [0.3, 0.4) is 0 Å². The minimum absolute atomic E-state index is 0.110. The summed E-state index contributed by atoms with van der Waals surface area (Å²) in [6.45, 7) is 2.00. The van der Waals surface area contributed by atoms with E-state index in [4.69, 9.17) is 0 Å². The van der Waals surface area contributed by atoms with Gasteiger partial charge in [-0.2, -0.15) is 13.2 Å². The third-order valence-electron chi connectivity index (χ3n) is 4.41. The number of carbonyl (C=O) groups is 2. The smallest absolute Gasteiger partial charge is 0.326 e. The molecule has 24 heavy (non-hydrogen) atoms. The maximum atomic E-state index is 13.0. The molecule has 4 heterocycles. The van der Waals surface area contributed by atoms with Crippen molar-refractivity contribution in [2.45, 2.75) is 32.0 Å². The lowest BCUT2D eigenvalue weighted by molar-refractivity contribution is -0.141. The fourth-order valence-electron chi connectivity index (χ4n) is 3.32. The van der Waals surface area contributed by atoms with Gasteiger partial charge in [-0.05, 0) is 31.4 Å². The van der Waals surface area contributed by atoms with Crippen LogP contribution in [0.1, 0.15) is 33.8 Å². The number of aromatic nitrogens is 1. The number of alkyl halides is 3. The summed E-state index contributed by atoms with van der Waals surface area (Å²) in [5.41, 5.74) is -0.375. The number of aryl methyl sites for hydroxylation is 1. The number of thiophene rings is 1. The van der Waals surface area contributed by atoms with Crippen molar-refractivity contribution in [1.29, 1.82) is 0 Å². The fourth-order valence-corrected chi connectivity index (χ4v) is 4.48. The van der Waals surface area contributed by atoms with Crippen molar-refractivity contribution in [2.75, 3.05) is 11.9 Å². The molecule has 1 N–H and O–H groups in total. The Bertz CT molecular complexity index is 890. The molecule has 1 saturated heterocycles. The van der Waals surface area contributed by atoms with E-state index in [2.05, 4.69) is 10.3 Å². The predicted octanol–water partition coefficient (Wildman–Crippen LogP) is 3.18. The van der Waals surface area contributed by atoms with Gasteiger partial charge in [0, 0.05) is 11.9 Å². The molecule has 0 bridgehead atoms. The van der Waals surface area contributed by atoms with E-state index in [1.165, 1.54) is 11.8 Å². The maximum absolute atomic E-state index is 13.0. The van der Waals surface area contributed by atoms with Gasteiger partial charge in [-0.1, -0.05) is 0 Å². The molecular weight excluding hydrogens is 343 g/mol. The molecule has 2 aromatic heterocycles. The number of fused-ring (bicyclic) bond motifs is 4. The molecule has 1 unspecified atom stereocenters. The topological polar surface area (TPSA) is 62.3 Å². The largest absolute Gasteiger partial charge is 0.433 e. The number of carbonyl (C=O) groups excluding carboxylic acids is 2. The van der Waals surface area contributed by atoms with Crippen LogP contribution in [-0.4, -0.2) is 34.3 Å². The molecule has 0 aromatic carbocycles. The Morgan fingerprint density at radius 2 is 2.12 bits per heavy atom. The highest BCUT2D eigenvalue weighted by Gasteiger charge is 2.41. The zero-order valence-electron chi connectivity index (χ0n) is 12.5. The van der Waals surface area contributed by atoms with E-state index in [1.54, 1.807) is 0 Å². The van der Waals surface area contributed by atoms with Crippen molar-refractivity contribution in [1.82, 2.24) is 9.88 Å². The van der Waals surface area contributed by atoms with Gasteiger partial charge in [0.15, 0.2) is 0 Å². The van der Waals surface area contributed by atoms with E-state index in [0.29, 0.717) is 23.9 Å². The number of halogens is 3. The minimum atomic E-state index is -4.56. The normalized spacial score (nSPS) is 20.8. The fraction of sp³-hybridized carbons (Fsp3) is 0.400. The molecule has 126 valence electrons. The summed E-state index contributed by atoms with van der Waals surface area (Å²) in [6, 6.07) is 0.438. The SMILES string of the molecule is Cc1cc(C(F)(F)F)nc2sc3c(c12)NC(=O)C1CCCN1C3=O. The number of hydrogen-bond donors (Lipinski definition) is 1. The van der Waals surface area contributed by atoms with Crippen LogP contribution in [-0.2, 0) is 11.0 Å². The standard InChI is InChI=1S/C15H12F3N3O2S/c1-6-5-8(15(16,17)18)19-13-9(6)10-11(24-13)14(23)21-4-2-3-7(21)12(22)20-10/h5,7H,2-4H2,1H3,(H,20,22). The van der Waals surface area contributed by atoms with Gasteiger partial charge in [-0.25, -0.2) is 4.98 Å². The van der Waals surface area contributed by atoms with E-state index in [0.717, 1.165) is 23.8 Å². The van der Waals surface area contributed by atoms with Crippen LogP contribution in [0.4, 0.5) is 18.9 Å². The molecule has 1 atom stereocenters. The quantitative estimate of drug-likeness (QED) is 0.790. The number of anilines is 1. The van der Waals surface area contributed by atoms with Crippen LogP contribution < -0.4 is 5.32 Å². The van der Waals surface area contributed by atoms with Crippen LogP contribution in [0.2, 0.25) is 0 Å². The van der Waals surface area contributed by atoms with E-state index in [9.17, 15) is 22.8 Å². The lowest BCUT2D eigenvalue weighted by Crippen LogP contribution is -2.40. The van der Waals surface area contributed by atoms with Gasteiger partial charge < -0.3 is 10.2 Å². The summed E-state index contributed by atoms with van der Waals surface area (Å²) in [5.74, 6) is -0.611. The van der Waals surface area contributed by atoms with Gasteiger partial charge in [0.1, 0.15) is 21.4 Å². The van der Waals surface area contributed by atoms with Crippen molar-refractivity contribution < 1.29 is 22.8 Å². The molecule has 0 spiro atoms. The van der Waals surface area contributed by atoms with E-state index in [-0.39, 0.29) is 27.2 Å². The Labute approximate surface area is 138 Å². The molecule has 0 radical (unpaired) electrons. The second-order valence-corrected chi connectivity index (χ2v) is 6.95. The Morgan fingerprint density at radius 1 is 1.38 bits per heavy atom. The number of nitrogens with zero attached hydrogens (tertiary/aromatic N) is 2. The van der Waals surface area contributed by atoms with E-state index in [1.807, 2.05) is 0 Å². The van der Waals surface area contributed by atoms with Gasteiger partial charge in [-0.15, -0.1) is 11.3 Å². The highest BCUT2D eigenvalue weighted by molar-refractivity contribution is 7.21. The summed E-state index contributed by atoms with van der Waals surface area (Å²) in [5, 5.41) is 3.14. The van der Waals surface area contributed by atoms with Gasteiger partial charge in [0.2, 0.25) is 5.91 Å². The summed E-state index contributed by atoms with van der Waals surface area (Å²) in [7, 11) is 0. The summed E-state index contributed by atoms with van der Waals surface area (Å²) in [6.07, 6.45) is -3.23. The van der Waals surface area contributed by atoms with Gasteiger partial charge in [0.25, 0.3) is 5.91 Å². The number of rotatable bonds is 0. The molecule has 2 aliphatic rings.